The largest absolute Gasteiger partial charge is 0.376 e. The molecule has 0 fully saturated rings. The number of nitrogens with one attached hydrogen (secondary N) is 1. The number of aromatic nitrogens is 1. The summed E-state index contributed by atoms with van der Waals surface area (Å²) in [5.41, 5.74) is 12.4. The van der Waals surface area contributed by atoms with Crippen LogP contribution in [-0.4, -0.2) is 31.0 Å². The maximum absolute atomic E-state index is 13.1. The molecule has 4 rings (SSSR count). The van der Waals surface area contributed by atoms with E-state index in [1.54, 1.807) is 6.20 Å². The Morgan fingerprint density at radius 3 is 1.83 bits per heavy atom. The highest BCUT2D eigenvalue weighted by Crippen LogP contribution is 2.30. The van der Waals surface area contributed by atoms with Crippen molar-refractivity contribution in [1.29, 1.82) is 0 Å². The maximum atomic E-state index is 13.1. The molecular weight excluding hydrogens is 515 g/mol. The Kier molecular flexibility index (Phi) is 12.4. The number of anilines is 2. The van der Waals surface area contributed by atoms with Gasteiger partial charge in [0, 0.05) is 37.5 Å². The molecule has 0 aliphatic carbocycles. The molecule has 0 radical (unpaired) electrons. The summed E-state index contributed by atoms with van der Waals surface area (Å²) in [6.07, 6.45) is 3.63. The van der Waals surface area contributed by atoms with Crippen molar-refractivity contribution in [3.05, 3.63) is 115 Å². The molecule has 1 amide bonds. The van der Waals surface area contributed by atoms with Crippen molar-refractivity contribution in [3.8, 4) is 11.1 Å². The topological polar surface area (TPSA) is 71.2 Å². The number of nitrogens with two attached hydrogens (primary N) is 1. The molecule has 3 N–H and O–H groups in total. The third kappa shape index (κ3) is 7.21. The van der Waals surface area contributed by atoms with Crippen molar-refractivity contribution < 1.29 is 4.79 Å². The van der Waals surface area contributed by atoms with E-state index >= 15 is 0 Å². The highest BCUT2D eigenvalue weighted by molar-refractivity contribution is 5.96. The molecule has 0 aliphatic rings. The summed E-state index contributed by atoms with van der Waals surface area (Å²) in [6, 6.07) is 28.9. The zero-order chi connectivity index (χ0) is 23.2. The number of nitrogens with zero attached hydrogens (tertiary/aromatic N) is 2. The Balaban J connectivity index is 0.00000216. The van der Waals surface area contributed by atoms with E-state index in [0.717, 1.165) is 27.9 Å². The molecule has 36 heavy (non-hydrogen) atoms. The van der Waals surface area contributed by atoms with Gasteiger partial charge in [-0.15, -0.1) is 37.2 Å². The van der Waals surface area contributed by atoms with Crippen LogP contribution in [0.1, 0.15) is 17.0 Å². The van der Waals surface area contributed by atoms with Crippen molar-refractivity contribution in [3.63, 3.8) is 0 Å². The third-order valence-electron chi connectivity index (χ3n) is 5.72. The normalized spacial score (nSPS) is 10.8. The van der Waals surface area contributed by atoms with Crippen molar-refractivity contribution >= 4 is 54.5 Å². The van der Waals surface area contributed by atoms with Gasteiger partial charge in [0.2, 0.25) is 5.91 Å². The van der Waals surface area contributed by atoms with Crippen molar-refractivity contribution in [2.45, 2.75) is 12.0 Å². The van der Waals surface area contributed by atoms with E-state index in [4.69, 9.17) is 5.73 Å². The lowest BCUT2D eigenvalue weighted by atomic mass is 9.85. The van der Waals surface area contributed by atoms with E-state index in [2.05, 4.69) is 10.3 Å². The summed E-state index contributed by atoms with van der Waals surface area (Å²) < 4.78 is 0. The number of benzene rings is 3. The molecule has 0 bridgehead atoms. The van der Waals surface area contributed by atoms with E-state index in [0.29, 0.717) is 5.69 Å². The molecule has 0 saturated carbocycles. The summed E-state index contributed by atoms with van der Waals surface area (Å²) in [4.78, 5) is 19.4. The zero-order valence-corrected chi connectivity index (χ0v) is 22.5. The highest BCUT2D eigenvalue weighted by atomic mass is 35.5. The van der Waals surface area contributed by atoms with Gasteiger partial charge in [0.25, 0.3) is 0 Å². The molecule has 3 aromatic carbocycles. The number of halogens is 3. The van der Waals surface area contributed by atoms with Crippen LogP contribution in [0.3, 0.4) is 0 Å². The number of pyridine rings is 1. The highest BCUT2D eigenvalue weighted by Gasteiger charge is 2.27. The van der Waals surface area contributed by atoms with Crippen molar-refractivity contribution in [2.24, 2.45) is 5.73 Å². The fourth-order valence-corrected chi connectivity index (χ4v) is 4.02. The summed E-state index contributed by atoms with van der Waals surface area (Å²) in [5, 5.41) is 2.99. The van der Waals surface area contributed by atoms with E-state index in [1.165, 1.54) is 0 Å². The quantitative estimate of drug-likeness (QED) is 0.291. The van der Waals surface area contributed by atoms with Gasteiger partial charge in [-0.3, -0.25) is 9.78 Å². The van der Waals surface area contributed by atoms with Crippen LogP contribution >= 0.6 is 37.2 Å². The Labute approximate surface area is 231 Å². The minimum Gasteiger partial charge on any atom is -0.376 e. The van der Waals surface area contributed by atoms with Crippen molar-refractivity contribution in [2.75, 3.05) is 24.3 Å². The lowest BCUT2D eigenvalue weighted by Gasteiger charge is -2.24. The molecule has 5 nitrogen and oxygen atoms in total. The predicted molar refractivity (Wildman–Crippen MR) is 157 cm³/mol. The fourth-order valence-electron chi connectivity index (χ4n) is 4.02. The van der Waals surface area contributed by atoms with Gasteiger partial charge in [-0.05, 0) is 34.9 Å². The van der Waals surface area contributed by atoms with Crippen LogP contribution in [0, 0.1) is 0 Å². The molecule has 0 spiro atoms. The first-order valence-corrected chi connectivity index (χ1v) is 10.9. The molecule has 8 heteroatoms. The number of carbonyl (C=O) groups is 1. The number of rotatable bonds is 7. The second kappa shape index (κ2) is 14.5. The van der Waals surface area contributed by atoms with Crippen LogP contribution < -0.4 is 16.0 Å². The average molecular weight is 546 g/mol. The van der Waals surface area contributed by atoms with Crippen LogP contribution in [0.5, 0.6) is 0 Å². The monoisotopic (exact) mass is 544 g/mol. The Morgan fingerprint density at radius 2 is 1.33 bits per heavy atom. The maximum Gasteiger partial charge on any atom is 0.242 e. The first-order valence-electron chi connectivity index (χ1n) is 10.9. The number of amides is 1. The van der Waals surface area contributed by atoms with Gasteiger partial charge in [0.1, 0.15) is 0 Å². The summed E-state index contributed by atoms with van der Waals surface area (Å²) in [7, 11) is 3.98. The van der Waals surface area contributed by atoms with Gasteiger partial charge in [0.05, 0.1) is 17.9 Å². The SMILES string of the molecule is CN(C)c1cnccc1-c1ccc(NC(=O)C(N)C(c2ccccc2)c2ccccc2)cc1.Cl.Cl.Cl. The third-order valence-corrected chi connectivity index (χ3v) is 5.72. The van der Waals surface area contributed by atoms with Crippen LogP contribution in [-0.2, 0) is 4.79 Å². The Hall–Kier alpha value is -3.09. The van der Waals surface area contributed by atoms with Crippen LogP contribution in [0.2, 0.25) is 0 Å². The van der Waals surface area contributed by atoms with Gasteiger partial charge in [-0.25, -0.2) is 0 Å². The zero-order valence-electron chi connectivity index (χ0n) is 20.1. The molecule has 190 valence electrons. The van der Waals surface area contributed by atoms with E-state index in [9.17, 15) is 4.79 Å². The minimum absolute atomic E-state index is 0. The average Bonchev–Trinajstić information content (AvgIpc) is 2.86. The van der Waals surface area contributed by atoms with Crippen LogP contribution in [0.15, 0.2) is 103 Å². The van der Waals surface area contributed by atoms with Gasteiger partial charge in [-0.1, -0.05) is 72.8 Å². The molecular formula is C28H31Cl3N4O. The lowest BCUT2D eigenvalue weighted by molar-refractivity contribution is -0.117. The first-order chi connectivity index (χ1) is 16.0. The molecule has 0 saturated heterocycles. The Morgan fingerprint density at radius 1 is 0.806 bits per heavy atom. The number of hydrogen-bond donors (Lipinski definition) is 2. The smallest absolute Gasteiger partial charge is 0.242 e. The molecule has 1 unspecified atom stereocenters. The lowest BCUT2D eigenvalue weighted by Crippen LogP contribution is -2.41. The number of carbonyl (C=O) groups excluding carboxylic acids is 1. The molecule has 1 heterocycles. The predicted octanol–water partition coefficient (Wildman–Crippen LogP) is 6.18. The van der Waals surface area contributed by atoms with Crippen LogP contribution in [0.4, 0.5) is 11.4 Å². The molecule has 1 aromatic heterocycles. The second-order valence-electron chi connectivity index (χ2n) is 8.18. The second-order valence-corrected chi connectivity index (χ2v) is 8.18. The number of hydrogen-bond acceptors (Lipinski definition) is 4. The summed E-state index contributed by atoms with van der Waals surface area (Å²) in [5.74, 6) is -0.468. The Bertz CT molecular complexity index is 1170. The van der Waals surface area contributed by atoms with Gasteiger partial charge < -0.3 is 16.0 Å². The van der Waals surface area contributed by atoms with Gasteiger partial charge in [0.15, 0.2) is 0 Å². The summed E-state index contributed by atoms with van der Waals surface area (Å²) >= 11 is 0. The molecule has 1 atom stereocenters. The first kappa shape index (κ1) is 30.9. The molecule has 0 aliphatic heterocycles. The molecule has 4 aromatic rings. The fraction of sp³-hybridized carbons (Fsp3) is 0.143. The standard InChI is InChI=1S/C28H28N4O.3ClH/c1-32(2)25-19-30-18-17-24(25)20-13-15-23(16-14-20)31-28(33)27(29)26(21-9-5-3-6-10-21)22-11-7-4-8-12-22;;;/h3-19,26-27H,29H2,1-2H3,(H,31,33);3*1H. The summed E-state index contributed by atoms with van der Waals surface area (Å²) in [6.45, 7) is 0. The van der Waals surface area contributed by atoms with Gasteiger partial charge >= 0.3 is 0 Å². The van der Waals surface area contributed by atoms with Crippen molar-refractivity contribution in [1.82, 2.24) is 4.98 Å². The van der Waals surface area contributed by atoms with Gasteiger partial charge in [-0.2, -0.15) is 0 Å². The van der Waals surface area contributed by atoms with E-state index < -0.39 is 6.04 Å². The van der Waals surface area contributed by atoms with E-state index in [1.807, 2.05) is 116 Å². The van der Waals surface area contributed by atoms with Crippen LogP contribution in [0.25, 0.3) is 11.1 Å². The minimum atomic E-state index is -0.741. The van der Waals surface area contributed by atoms with E-state index in [-0.39, 0.29) is 49.0 Å².